The minimum Gasteiger partial charge on any atom is -0.459 e. The van der Waals surface area contributed by atoms with Crippen LogP contribution in [0.5, 0.6) is 0 Å². The zero-order chi connectivity index (χ0) is 54.1. The molecule has 73 heavy (non-hydrogen) atoms. The third kappa shape index (κ3) is 13.4. The van der Waals surface area contributed by atoms with Crippen molar-refractivity contribution in [1.29, 1.82) is 0 Å². The van der Waals surface area contributed by atoms with Crippen molar-refractivity contribution in [3.63, 3.8) is 0 Å². The average Bonchev–Trinajstić information content (AvgIpc) is 3.93. The van der Waals surface area contributed by atoms with Crippen LogP contribution in [0.25, 0.3) is 0 Å². The third-order valence-electron chi connectivity index (χ3n) is 16.1. The number of hydrogen-bond donors (Lipinski definition) is 5. The number of aliphatic hydroxyl groups is 5. The van der Waals surface area contributed by atoms with Crippen molar-refractivity contribution in [1.82, 2.24) is 24.8 Å². The minimum absolute atomic E-state index is 0.0828. The zero-order valence-corrected chi connectivity index (χ0v) is 45.4. The molecule has 1 amide bonds. The van der Waals surface area contributed by atoms with Crippen LogP contribution < -0.4 is 4.90 Å². The number of rotatable bonds is 13. The van der Waals surface area contributed by atoms with Gasteiger partial charge < -0.3 is 68.5 Å². The van der Waals surface area contributed by atoms with Gasteiger partial charge in [0.1, 0.15) is 41.9 Å². The topological polar surface area (TPSA) is 240 Å². The lowest BCUT2D eigenvalue weighted by Crippen LogP contribution is -2.61. The molecule has 414 valence electrons. The molecule has 0 spiro atoms. The maximum absolute atomic E-state index is 14.7. The van der Waals surface area contributed by atoms with Crippen LogP contribution in [-0.4, -0.2) is 200 Å². The van der Waals surface area contributed by atoms with Gasteiger partial charge in [-0.15, -0.1) is 5.10 Å². The van der Waals surface area contributed by atoms with E-state index in [0.717, 1.165) is 5.56 Å². The third-order valence-corrected chi connectivity index (χ3v) is 16.1. The van der Waals surface area contributed by atoms with Crippen molar-refractivity contribution in [2.24, 2.45) is 17.8 Å². The second-order valence-corrected chi connectivity index (χ2v) is 22.4. The molecule has 6 rings (SSSR count). The summed E-state index contributed by atoms with van der Waals surface area (Å²) in [7, 11) is 5.20. The molecule has 4 aliphatic heterocycles. The van der Waals surface area contributed by atoms with E-state index in [9.17, 15) is 39.5 Å². The number of aryl methyl sites for hydroxylation is 1. The molecule has 1 aromatic carbocycles. The first-order valence-corrected chi connectivity index (χ1v) is 26.0. The van der Waals surface area contributed by atoms with Crippen molar-refractivity contribution in [3.8, 4) is 0 Å². The summed E-state index contributed by atoms with van der Waals surface area (Å²) in [6, 6.07) is 3.60. The number of amides is 1. The van der Waals surface area contributed by atoms with Crippen molar-refractivity contribution in [2.45, 2.75) is 211 Å². The number of halogens is 1. The SMILES string of the molecule is CC[C@H]1OC(=O)[C@H](C)[C@@H](O[C@H]2C[C@@](C)(OC)[C@@H](O)[C@H](C)O2)[C@H](C)[C@@H](O[C@@H]2O[C@H](C)C[C@H](N(C)CCc3cn(C[C@H]4CN(c5ccc(C)cc5F)C(=O)O4)nn3)[C@H]2O)[C@](C)(O)C[C@@H](C)CN(C)[C@H](C)[C@@H](O)[C@]1(C)O. The molecule has 5 heterocycles. The molecule has 0 saturated carbocycles. The summed E-state index contributed by atoms with van der Waals surface area (Å²) in [6.45, 7) is 20.4. The van der Waals surface area contributed by atoms with Gasteiger partial charge in [-0.25, -0.2) is 13.9 Å². The number of cyclic esters (lactones) is 2. The van der Waals surface area contributed by atoms with Gasteiger partial charge in [0.05, 0.1) is 66.0 Å². The van der Waals surface area contributed by atoms with E-state index in [1.807, 2.05) is 37.7 Å². The monoisotopic (exact) mass is 1040 g/mol. The maximum atomic E-state index is 14.7. The Hall–Kier alpha value is -3.45. The van der Waals surface area contributed by atoms with E-state index in [0.29, 0.717) is 31.6 Å². The quantitative estimate of drug-likeness (QED) is 0.180. The van der Waals surface area contributed by atoms with Gasteiger partial charge in [0, 0.05) is 57.2 Å². The highest BCUT2D eigenvalue weighted by molar-refractivity contribution is 5.89. The van der Waals surface area contributed by atoms with Crippen LogP contribution in [0.3, 0.4) is 0 Å². The predicted octanol–water partition coefficient (Wildman–Crippen LogP) is 3.58. The Labute approximate surface area is 430 Å². The van der Waals surface area contributed by atoms with Crippen LogP contribution in [0.2, 0.25) is 0 Å². The van der Waals surface area contributed by atoms with Gasteiger partial charge in [-0.3, -0.25) is 9.69 Å². The molecule has 4 aliphatic rings. The fourth-order valence-corrected chi connectivity index (χ4v) is 11.5. The van der Waals surface area contributed by atoms with E-state index in [-0.39, 0.29) is 44.0 Å². The van der Waals surface area contributed by atoms with E-state index in [1.165, 1.54) is 25.0 Å². The number of nitrogens with zero attached hydrogens (tertiary/aromatic N) is 6. The van der Waals surface area contributed by atoms with Gasteiger partial charge in [-0.2, -0.15) is 0 Å². The molecule has 2 aromatic rings. The molecular formula is C52H85FN6O14. The Kier molecular flexibility index (Phi) is 19.2. The molecule has 0 bridgehead atoms. The van der Waals surface area contributed by atoms with E-state index in [4.69, 9.17) is 33.2 Å². The highest BCUT2D eigenvalue weighted by atomic mass is 19.1. The fraction of sp³-hybridized carbons (Fsp3) is 0.808. The Morgan fingerprint density at radius 3 is 2.32 bits per heavy atom. The zero-order valence-electron chi connectivity index (χ0n) is 45.4. The molecule has 5 N–H and O–H groups in total. The largest absolute Gasteiger partial charge is 0.459 e. The van der Waals surface area contributed by atoms with E-state index >= 15 is 0 Å². The van der Waals surface area contributed by atoms with Gasteiger partial charge >= 0.3 is 12.1 Å². The predicted molar refractivity (Wildman–Crippen MR) is 266 cm³/mol. The second kappa shape index (κ2) is 23.8. The molecular weight excluding hydrogens is 952 g/mol. The summed E-state index contributed by atoms with van der Waals surface area (Å²) >= 11 is 0. The number of likely N-dealkylation sites (N-methyl/N-ethyl adjacent to an activating group) is 2. The lowest BCUT2D eigenvalue weighted by Gasteiger charge is -2.49. The Morgan fingerprint density at radius 1 is 0.959 bits per heavy atom. The fourth-order valence-electron chi connectivity index (χ4n) is 11.5. The van der Waals surface area contributed by atoms with Crippen LogP contribution in [0.4, 0.5) is 14.9 Å². The van der Waals surface area contributed by atoms with Crippen LogP contribution in [-0.2, 0) is 50.9 Å². The van der Waals surface area contributed by atoms with Gasteiger partial charge in [0.25, 0.3) is 0 Å². The minimum atomic E-state index is -1.85. The number of aliphatic hydroxyl groups excluding tert-OH is 3. The number of esters is 1. The normalized spacial score (nSPS) is 40.8. The summed E-state index contributed by atoms with van der Waals surface area (Å²) < 4.78 is 60.1. The summed E-state index contributed by atoms with van der Waals surface area (Å²) in [5.41, 5.74) is -3.04. The Morgan fingerprint density at radius 2 is 1.66 bits per heavy atom. The van der Waals surface area contributed by atoms with E-state index in [2.05, 4.69) is 10.3 Å². The Bertz CT molecular complexity index is 2150. The number of ether oxygens (including phenoxy) is 7. The van der Waals surface area contributed by atoms with Crippen LogP contribution in [0.15, 0.2) is 24.4 Å². The molecule has 0 unspecified atom stereocenters. The number of hydrogen-bond acceptors (Lipinski definition) is 18. The lowest BCUT2D eigenvalue weighted by molar-refractivity contribution is -0.318. The van der Waals surface area contributed by atoms with Crippen molar-refractivity contribution in [2.75, 3.05) is 45.7 Å². The lowest BCUT2D eigenvalue weighted by atomic mass is 9.77. The molecule has 19 atom stereocenters. The highest BCUT2D eigenvalue weighted by Gasteiger charge is 2.53. The molecule has 0 radical (unpaired) electrons. The van der Waals surface area contributed by atoms with Crippen LogP contribution in [0, 0.1) is 30.5 Å². The van der Waals surface area contributed by atoms with Crippen molar-refractivity contribution >= 4 is 17.7 Å². The first-order chi connectivity index (χ1) is 34.1. The standard InChI is InChI=1S/C52H85FN6O14/c1-15-40-52(11,66)44(61)33(7)57(13)24-29(3)22-50(9,65)46(31(5)43(32(6)47(63)71-40)72-41-23-51(10,67-14)45(62)34(8)69-41)73-48-42(60)39(21-30(4)68-48)56(12)19-18-35-25-58(55-54-35)26-36-27-59(49(64)70-36)38-17-16-28(2)20-37(38)53/h16-17,20,25,29-34,36,39-46,48,60-62,65-66H,15,18-19,21-24,26-27H2,1-14H3/t29-,30-,31+,32-,33-,34+,36+,39+,40-,41+,42-,43+,44-,45+,46-,48+,50-,51-,52-/m1/s1. The highest BCUT2D eigenvalue weighted by Crippen LogP contribution is 2.40. The molecule has 0 aliphatic carbocycles. The van der Waals surface area contributed by atoms with Crippen molar-refractivity contribution in [3.05, 3.63) is 41.5 Å². The maximum Gasteiger partial charge on any atom is 0.414 e. The Balaban J connectivity index is 1.23. The molecule has 4 fully saturated rings. The summed E-state index contributed by atoms with van der Waals surface area (Å²) in [6.07, 6.45) is -8.45. The number of anilines is 1. The number of carbonyl (C=O) groups excluding carboxylic acids is 2. The summed E-state index contributed by atoms with van der Waals surface area (Å²) in [4.78, 5) is 32.4. The van der Waals surface area contributed by atoms with Crippen LogP contribution >= 0.6 is 0 Å². The van der Waals surface area contributed by atoms with Gasteiger partial charge in [0.2, 0.25) is 0 Å². The van der Waals surface area contributed by atoms with Gasteiger partial charge in [-0.1, -0.05) is 32.1 Å². The van der Waals surface area contributed by atoms with E-state index < -0.39 is 126 Å². The van der Waals surface area contributed by atoms with E-state index in [1.54, 1.807) is 78.4 Å². The van der Waals surface area contributed by atoms with Gasteiger partial charge in [-0.05, 0) is 112 Å². The number of benzene rings is 1. The smallest absolute Gasteiger partial charge is 0.414 e. The first kappa shape index (κ1) is 58.8. The van der Waals surface area contributed by atoms with Crippen molar-refractivity contribution < 1.29 is 72.7 Å². The molecule has 4 saturated heterocycles. The number of carbonyl (C=O) groups is 2. The molecule has 1 aromatic heterocycles. The first-order valence-electron chi connectivity index (χ1n) is 26.0. The molecule has 20 nitrogen and oxygen atoms in total. The second-order valence-electron chi connectivity index (χ2n) is 22.4. The number of methoxy groups -OCH3 is 1. The van der Waals surface area contributed by atoms with Crippen LogP contribution in [0.1, 0.15) is 106 Å². The number of aromatic nitrogens is 3. The summed E-state index contributed by atoms with van der Waals surface area (Å²) in [5.74, 6) is -3.38. The molecule has 21 heteroatoms. The average molecular weight is 1040 g/mol. The van der Waals surface area contributed by atoms with Gasteiger partial charge in [0.15, 0.2) is 12.6 Å². The summed E-state index contributed by atoms with van der Waals surface area (Å²) in [5, 5.41) is 68.3.